The van der Waals surface area contributed by atoms with Crippen LogP contribution in [0.2, 0.25) is 0 Å². The third-order valence-corrected chi connectivity index (χ3v) is 3.96. The minimum absolute atomic E-state index is 0.0248. The Hall–Kier alpha value is -3.09. The van der Waals surface area contributed by atoms with Crippen LogP contribution in [-0.2, 0) is 0 Å². The number of H-pyrrole nitrogens is 1. The summed E-state index contributed by atoms with van der Waals surface area (Å²) in [5.74, 6) is -0.00294. The number of nitrogens with zero attached hydrogens (tertiary/aromatic N) is 2. The Morgan fingerprint density at radius 3 is 2.77 bits per heavy atom. The van der Waals surface area contributed by atoms with Crippen molar-refractivity contribution in [2.45, 2.75) is 20.8 Å². The molecule has 0 unspecified atom stereocenters. The van der Waals surface area contributed by atoms with Gasteiger partial charge in [-0.2, -0.15) is 0 Å². The summed E-state index contributed by atoms with van der Waals surface area (Å²) in [4.78, 5) is 19.8. The van der Waals surface area contributed by atoms with Gasteiger partial charge in [0.2, 0.25) is 0 Å². The number of aromatic nitrogens is 2. The van der Waals surface area contributed by atoms with Crippen LogP contribution >= 0.6 is 0 Å². The van der Waals surface area contributed by atoms with E-state index in [1.54, 1.807) is 18.5 Å². The zero-order chi connectivity index (χ0) is 18.8. The van der Waals surface area contributed by atoms with Crippen LogP contribution < -0.4 is 9.64 Å². The molecule has 136 valence electrons. The highest BCUT2D eigenvalue weighted by Gasteiger charge is 2.18. The number of aromatic amines is 1. The summed E-state index contributed by atoms with van der Waals surface area (Å²) in [6, 6.07) is 5.82. The highest BCUT2D eigenvalue weighted by atomic mass is 19.1. The molecule has 7 heteroatoms. The standard InChI is InChI=1S/C19H20FN3O3/c1-11(2)10-23(19(24)25)13-4-5-15(14(20)8-13)26-16-6-7-21-18-17(16)12(3)9-22-18/h4-9,11H,10H2,1-3H3,(H,21,22)(H,24,25). The lowest BCUT2D eigenvalue weighted by Gasteiger charge is -2.21. The lowest BCUT2D eigenvalue weighted by Crippen LogP contribution is -2.32. The van der Waals surface area contributed by atoms with Gasteiger partial charge in [-0.3, -0.25) is 4.90 Å². The van der Waals surface area contributed by atoms with Crippen LogP contribution in [0.5, 0.6) is 11.5 Å². The molecular weight excluding hydrogens is 337 g/mol. The molecule has 1 amide bonds. The fourth-order valence-electron chi connectivity index (χ4n) is 2.79. The van der Waals surface area contributed by atoms with Gasteiger partial charge >= 0.3 is 6.09 Å². The number of nitrogens with one attached hydrogen (secondary N) is 1. The van der Waals surface area contributed by atoms with Crippen molar-refractivity contribution in [3.8, 4) is 11.5 Å². The topological polar surface area (TPSA) is 78.5 Å². The summed E-state index contributed by atoms with van der Waals surface area (Å²) < 4.78 is 20.3. The number of fused-ring (bicyclic) bond motifs is 1. The molecule has 3 rings (SSSR count). The minimum atomic E-state index is -1.12. The second-order valence-corrected chi connectivity index (χ2v) is 6.51. The van der Waals surface area contributed by atoms with E-state index in [9.17, 15) is 14.3 Å². The van der Waals surface area contributed by atoms with Crippen molar-refractivity contribution in [2.24, 2.45) is 5.92 Å². The molecule has 0 radical (unpaired) electrons. The first-order chi connectivity index (χ1) is 12.4. The van der Waals surface area contributed by atoms with Gasteiger partial charge in [0.05, 0.1) is 11.1 Å². The van der Waals surface area contributed by atoms with Crippen LogP contribution in [-0.4, -0.2) is 27.7 Å². The fraction of sp³-hybridized carbons (Fsp3) is 0.263. The molecule has 0 bridgehead atoms. The van der Waals surface area contributed by atoms with E-state index in [-0.39, 0.29) is 23.9 Å². The van der Waals surface area contributed by atoms with Crippen molar-refractivity contribution in [3.05, 3.63) is 48.0 Å². The quantitative estimate of drug-likeness (QED) is 0.678. The number of ether oxygens (including phenoxy) is 1. The highest BCUT2D eigenvalue weighted by Crippen LogP contribution is 2.33. The van der Waals surface area contributed by atoms with Gasteiger partial charge in [-0.25, -0.2) is 14.2 Å². The summed E-state index contributed by atoms with van der Waals surface area (Å²) in [6.45, 7) is 5.99. The number of carbonyl (C=O) groups is 1. The molecule has 2 aromatic heterocycles. The molecular formula is C19H20FN3O3. The Morgan fingerprint density at radius 2 is 2.12 bits per heavy atom. The lowest BCUT2D eigenvalue weighted by molar-refractivity contribution is 0.201. The number of benzene rings is 1. The van der Waals surface area contributed by atoms with Crippen LogP contribution in [0.4, 0.5) is 14.9 Å². The van der Waals surface area contributed by atoms with Crippen LogP contribution in [0.15, 0.2) is 36.7 Å². The lowest BCUT2D eigenvalue weighted by atomic mass is 10.2. The van der Waals surface area contributed by atoms with Crippen molar-refractivity contribution in [1.29, 1.82) is 0 Å². The molecule has 0 aliphatic carbocycles. The molecule has 3 aromatic rings. The van der Waals surface area contributed by atoms with E-state index in [0.717, 1.165) is 15.8 Å². The van der Waals surface area contributed by atoms with Crippen LogP contribution in [0.25, 0.3) is 11.0 Å². The molecule has 0 atom stereocenters. The molecule has 6 nitrogen and oxygen atoms in total. The van der Waals surface area contributed by atoms with Gasteiger partial charge in [-0.05, 0) is 36.6 Å². The van der Waals surface area contributed by atoms with Gasteiger partial charge in [0.25, 0.3) is 0 Å². The van der Waals surface area contributed by atoms with Crippen molar-refractivity contribution in [3.63, 3.8) is 0 Å². The van der Waals surface area contributed by atoms with E-state index in [4.69, 9.17) is 4.74 Å². The van der Waals surface area contributed by atoms with E-state index in [1.165, 1.54) is 18.2 Å². The summed E-state index contributed by atoms with van der Waals surface area (Å²) in [5, 5.41) is 10.1. The Balaban J connectivity index is 1.92. The molecule has 0 saturated heterocycles. The number of rotatable bonds is 5. The van der Waals surface area contributed by atoms with Gasteiger partial charge in [0.15, 0.2) is 11.6 Å². The number of hydrogen-bond donors (Lipinski definition) is 2. The Kier molecular flexibility index (Phi) is 4.79. The fourth-order valence-corrected chi connectivity index (χ4v) is 2.79. The van der Waals surface area contributed by atoms with Crippen molar-refractivity contribution in [1.82, 2.24) is 9.97 Å². The molecule has 0 aliphatic heterocycles. The average Bonchev–Trinajstić information content (AvgIpc) is 2.96. The number of carboxylic acid groups (broad SMARTS) is 1. The number of hydrogen-bond acceptors (Lipinski definition) is 3. The summed E-state index contributed by atoms with van der Waals surface area (Å²) in [5.41, 5.74) is 1.87. The number of anilines is 1. The van der Waals surface area contributed by atoms with E-state index >= 15 is 0 Å². The van der Waals surface area contributed by atoms with E-state index in [1.807, 2.05) is 20.8 Å². The maximum atomic E-state index is 14.6. The zero-order valence-electron chi connectivity index (χ0n) is 14.8. The summed E-state index contributed by atoms with van der Waals surface area (Å²) >= 11 is 0. The molecule has 26 heavy (non-hydrogen) atoms. The van der Waals surface area contributed by atoms with Gasteiger partial charge in [0, 0.05) is 25.0 Å². The molecule has 0 aliphatic rings. The Morgan fingerprint density at radius 1 is 1.35 bits per heavy atom. The number of amides is 1. The van der Waals surface area contributed by atoms with Crippen LogP contribution in [0, 0.1) is 18.7 Å². The third kappa shape index (κ3) is 3.46. The second-order valence-electron chi connectivity index (χ2n) is 6.51. The number of aryl methyl sites for hydroxylation is 1. The second kappa shape index (κ2) is 7.03. The van der Waals surface area contributed by atoms with Crippen molar-refractivity contribution in [2.75, 3.05) is 11.4 Å². The molecule has 0 spiro atoms. The van der Waals surface area contributed by atoms with Crippen molar-refractivity contribution < 1.29 is 19.0 Å². The summed E-state index contributed by atoms with van der Waals surface area (Å²) in [7, 11) is 0. The molecule has 0 saturated carbocycles. The van der Waals surface area contributed by atoms with E-state index in [2.05, 4.69) is 9.97 Å². The first-order valence-corrected chi connectivity index (χ1v) is 8.27. The average molecular weight is 357 g/mol. The predicted octanol–water partition coefficient (Wildman–Crippen LogP) is 4.94. The van der Waals surface area contributed by atoms with E-state index < -0.39 is 11.9 Å². The zero-order valence-corrected chi connectivity index (χ0v) is 14.8. The smallest absolute Gasteiger partial charge is 0.411 e. The largest absolute Gasteiger partial charge is 0.465 e. The minimum Gasteiger partial charge on any atom is -0.465 e. The maximum Gasteiger partial charge on any atom is 0.411 e. The Bertz CT molecular complexity index is 952. The number of halogens is 1. The van der Waals surface area contributed by atoms with Crippen molar-refractivity contribution >= 4 is 22.8 Å². The van der Waals surface area contributed by atoms with E-state index in [0.29, 0.717) is 11.4 Å². The first-order valence-electron chi connectivity index (χ1n) is 8.27. The van der Waals surface area contributed by atoms with Crippen LogP contribution in [0.3, 0.4) is 0 Å². The molecule has 1 aromatic carbocycles. The maximum absolute atomic E-state index is 14.6. The predicted molar refractivity (Wildman–Crippen MR) is 97.5 cm³/mol. The summed E-state index contributed by atoms with van der Waals surface area (Å²) in [6.07, 6.45) is 2.26. The third-order valence-electron chi connectivity index (χ3n) is 3.96. The number of pyridine rings is 1. The monoisotopic (exact) mass is 357 g/mol. The first kappa shape index (κ1) is 17.7. The highest BCUT2D eigenvalue weighted by molar-refractivity contribution is 5.87. The normalized spacial score (nSPS) is 11.1. The SMILES string of the molecule is Cc1c[nH]c2nccc(Oc3ccc(N(CC(C)C)C(=O)O)cc3F)c12. The van der Waals surface area contributed by atoms with Gasteiger partial charge < -0.3 is 14.8 Å². The van der Waals surface area contributed by atoms with Gasteiger partial charge in [0.1, 0.15) is 11.4 Å². The van der Waals surface area contributed by atoms with Gasteiger partial charge in [-0.15, -0.1) is 0 Å². The molecule has 0 fully saturated rings. The molecule has 2 N–H and O–H groups in total. The van der Waals surface area contributed by atoms with Crippen LogP contribution in [0.1, 0.15) is 19.4 Å². The Labute approximate surface area is 150 Å². The molecule has 2 heterocycles. The van der Waals surface area contributed by atoms with Gasteiger partial charge in [-0.1, -0.05) is 13.8 Å².